The van der Waals surface area contributed by atoms with Gasteiger partial charge >= 0.3 is 0 Å². The zero-order valence-electron chi connectivity index (χ0n) is 46.3. The highest BCUT2D eigenvalue weighted by molar-refractivity contribution is 5.76. The smallest absolute Gasteiger partial charge is 0.220 e. The van der Waals surface area contributed by atoms with E-state index in [9.17, 15) is 45.6 Å². The van der Waals surface area contributed by atoms with E-state index in [0.29, 0.717) is 6.42 Å². The minimum atomic E-state index is -1.79. The van der Waals surface area contributed by atoms with E-state index in [1.54, 1.807) is 6.08 Å². The molecule has 0 aromatic carbocycles. The predicted octanol–water partition coefficient (Wildman–Crippen LogP) is 10.0. The van der Waals surface area contributed by atoms with Crippen molar-refractivity contribution in [3.8, 4) is 0 Å². The Balaban J connectivity index is 1.75. The molecule has 2 rings (SSSR count). The number of carbonyl (C=O) groups excluding carboxylic acids is 1. The summed E-state index contributed by atoms with van der Waals surface area (Å²) >= 11 is 0. The van der Waals surface area contributed by atoms with Gasteiger partial charge in [0.15, 0.2) is 12.6 Å². The lowest BCUT2D eigenvalue weighted by Crippen LogP contribution is -2.65. The van der Waals surface area contributed by atoms with Gasteiger partial charge in [-0.25, -0.2) is 0 Å². The van der Waals surface area contributed by atoms with Crippen molar-refractivity contribution >= 4 is 5.91 Å². The molecule has 2 aliphatic rings. The third-order valence-electron chi connectivity index (χ3n) is 14.5. The van der Waals surface area contributed by atoms with Crippen LogP contribution in [0.3, 0.4) is 0 Å². The van der Waals surface area contributed by atoms with E-state index in [1.807, 2.05) is 6.08 Å². The summed E-state index contributed by atoms with van der Waals surface area (Å²) in [6.07, 6.45) is 40.1. The van der Waals surface area contributed by atoms with Crippen molar-refractivity contribution in [2.45, 2.75) is 306 Å². The van der Waals surface area contributed by atoms with Crippen LogP contribution in [0.15, 0.2) is 48.6 Å². The van der Waals surface area contributed by atoms with Crippen LogP contribution >= 0.6 is 0 Å². The molecule has 0 radical (unpaired) electrons. The van der Waals surface area contributed by atoms with E-state index in [2.05, 4.69) is 55.6 Å². The van der Waals surface area contributed by atoms with Gasteiger partial charge < -0.3 is 65.1 Å². The maximum atomic E-state index is 13.2. The molecule has 0 bridgehead atoms. The average molecular weight is 1050 g/mol. The van der Waals surface area contributed by atoms with Crippen LogP contribution in [0, 0.1) is 0 Å². The van der Waals surface area contributed by atoms with Crippen LogP contribution in [-0.4, -0.2) is 140 Å². The molecule has 432 valence electrons. The number of rotatable bonds is 47. The van der Waals surface area contributed by atoms with Crippen molar-refractivity contribution in [3.63, 3.8) is 0 Å². The summed E-state index contributed by atoms with van der Waals surface area (Å²) in [4.78, 5) is 13.2. The second kappa shape index (κ2) is 45.9. The zero-order chi connectivity index (χ0) is 53.9. The Hall–Kier alpha value is -2.05. The van der Waals surface area contributed by atoms with Gasteiger partial charge in [-0.2, -0.15) is 0 Å². The van der Waals surface area contributed by atoms with Crippen molar-refractivity contribution in [1.29, 1.82) is 0 Å². The van der Waals surface area contributed by atoms with Gasteiger partial charge in [0.2, 0.25) is 5.91 Å². The quantitative estimate of drug-likeness (QED) is 0.0205. The first-order chi connectivity index (χ1) is 36.1. The highest BCUT2D eigenvalue weighted by Gasteiger charge is 2.51. The molecule has 2 fully saturated rings. The third kappa shape index (κ3) is 31.4. The standard InChI is InChI=1S/C60H109NO13/c1-3-5-7-9-11-13-15-17-19-20-21-22-23-24-25-26-27-28-30-31-33-35-37-39-41-43-49(64)48(61-52(65)44-42-40-38-36-34-32-29-18-16-14-12-10-8-6-4-2)47-71-59-57(70)55(68)58(51(46-63)73-59)74-60-56(69)54(67)53(66)50(45-62)72-60/h6,8,12,14,18,29,41,43,48-51,53-60,62-64,66-70H,3-5,7,9-11,13,15-17,19-28,30-40,42,44-47H2,1-2H3,(H,61,65)/b8-6-,14-12-,29-18-,43-41+. The zero-order valence-corrected chi connectivity index (χ0v) is 46.3. The summed E-state index contributed by atoms with van der Waals surface area (Å²) in [6, 6.07) is -0.925. The van der Waals surface area contributed by atoms with E-state index < -0.39 is 86.8 Å². The minimum Gasteiger partial charge on any atom is -0.394 e. The monoisotopic (exact) mass is 1050 g/mol. The Morgan fingerprint density at radius 3 is 1.43 bits per heavy atom. The normalized spacial score (nSPS) is 25.5. The summed E-state index contributed by atoms with van der Waals surface area (Å²) in [5.74, 6) is -0.256. The van der Waals surface area contributed by atoms with Crippen LogP contribution in [-0.2, 0) is 23.7 Å². The van der Waals surface area contributed by atoms with Crippen LogP contribution in [0.5, 0.6) is 0 Å². The number of hydrogen-bond acceptors (Lipinski definition) is 13. The summed E-state index contributed by atoms with van der Waals surface area (Å²) in [7, 11) is 0. The Morgan fingerprint density at radius 1 is 0.500 bits per heavy atom. The van der Waals surface area contributed by atoms with Crippen LogP contribution in [0.25, 0.3) is 0 Å². The molecule has 2 heterocycles. The number of allylic oxidation sites excluding steroid dienone is 7. The summed E-state index contributed by atoms with van der Waals surface area (Å²) in [5.41, 5.74) is 0. The van der Waals surface area contributed by atoms with Gasteiger partial charge in [-0.15, -0.1) is 0 Å². The van der Waals surface area contributed by atoms with E-state index >= 15 is 0 Å². The van der Waals surface area contributed by atoms with Gasteiger partial charge in [-0.3, -0.25) is 4.79 Å². The van der Waals surface area contributed by atoms with E-state index in [0.717, 1.165) is 70.6 Å². The van der Waals surface area contributed by atoms with Crippen molar-refractivity contribution in [1.82, 2.24) is 5.32 Å². The Bertz CT molecular complexity index is 1430. The molecule has 0 saturated carbocycles. The molecule has 12 unspecified atom stereocenters. The number of unbranched alkanes of at least 4 members (excludes halogenated alkanes) is 28. The lowest BCUT2D eigenvalue weighted by Gasteiger charge is -2.46. The largest absolute Gasteiger partial charge is 0.394 e. The van der Waals surface area contributed by atoms with Gasteiger partial charge in [-0.1, -0.05) is 223 Å². The lowest BCUT2D eigenvalue weighted by molar-refractivity contribution is -0.359. The molecule has 1 amide bonds. The Labute approximate surface area is 448 Å². The highest BCUT2D eigenvalue weighted by atomic mass is 16.7. The predicted molar refractivity (Wildman–Crippen MR) is 295 cm³/mol. The molecule has 2 aliphatic heterocycles. The molecule has 14 nitrogen and oxygen atoms in total. The molecular weight excluding hydrogens is 943 g/mol. The van der Waals surface area contributed by atoms with Gasteiger partial charge in [0, 0.05) is 6.42 Å². The molecule has 14 heteroatoms. The van der Waals surface area contributed by atoms with Crippen LogP contribution in [0.1, 0.15) is 232 Å². The number of aliphatic hydroxyl groups excluding tert-OH is 8. The summed E-state index contributed by atoms with van der Waals surface area (Å²) in [5, 5.41) is 87.0. The highest BCUT2D eigenvalue weighted by Crippen LogP contribution is 2.30. The van der Waals surface area contributed by atoms with Gasteiger partial charge in [0.1, 0.15) is 48.8 Å². The van der Waals surface area contributed by atoms with Crippen molar-refractivity contribution in [3.05, 3.63) is 48.6 Å². The summed E-state index contributed by atoms with van der Waals surface area (Å²) in [6.45, 7) is 2.68. The molecule has 2 saturated heterocycles. The molecule has 0 aromatic heterocycles. The molecule has 12 atom stereocenters. The first-order valence-corrected chi connectivity index (χ1v) is 29.9. The fourth-order valence-electron chi connectivity index (χ4n) is 9.72. The van der Waals surface area contributed by atoms with Gasteiger partial charge in [0.05, 0.1) is 32.0 Å². The number of amides is 1. The molecule has 9 N–H and O–H groups in total. The fraction of sp³-hybridized carbons (Fsp3) is 0.850. The van der Waals surface area contributed by atoms with Crippen molar-refractivity contribution in [2.75, 3.05) is 19.8 Å². The maximum Gasteiger partial charge on any atom is 0.220 e. The fourth-order valence-corrected chi connectivity index (χ4v) is 9.72. The Morgan fingerprint density at radius 2 is 0.932 bits per heavy atom. The van der Waals surface area contributed by atoms with E-state index in [1.165, 1.54) is 135 Å². The molecule has 0 aromatic rings. The second-order valence-corrected chi connectivity index (χ2v) is 21.1. The van der Waals surface area contributed by atoms with Gasteiger partial charge in [-0.05, 0) is 51.4 Å². The number of carbonyl (C=O) groups is 1. The van der Waals surface area contributed by atoms with E-state index in [4.69, 9.17) is 18.9 Å². The van der Waals surface area contributed by atoms with E-state index in [-0.39, 0.29) is 18.9 Å². The van der Waals surface area contributed by atoms with Crippen molar-refractivity contribution in [2.24, 2.45) is 0 Å². The second-order valence-electron chi connectivity index (χ2n) is 21.1. The SMILES string of the molecule is CC/C=C\C/C=C\C/C=C\CCCCCCCC(=O)NC(COC1OC(CO)C(OC2OC(CO)C(O)C(O)C2O)C(O)C1O)C(O)/C=C/CCCCCCCCCCCCCCCCCCCCCCCCC. The Kier molecular flexibility index (Phi) is 42.2. The minimum absolute atomic E-state index is 0.256. The van der Waals surface area contributed by atoms with Crippen LogP contribution in [0.2, 0.25) is 0 Å². The topological polar surface area (TPSA) is 228 Å². The maximum absolute atomic E-state index is 13.2. The number of aliphatic hydroxyl groups is 8. The molecular formula is C60H109NO13. The first kappa shape index (κ1) is 68.1. The average Bonchev–Trinajstić information content (AvgIpc) is 3.40. The van der Waals surface area contributed by atoms with Gasteiger partial charge in [0.25, 0.3) is 0 Å². The lowest BCUT2D eigenvalue weighted by atomic mass is 9.97. The number of nitrogens with one attached hydrogen (secondary N) is 1. The number of hydrogen-bond donors (Lipinski definition) is 9. The van der Waals surface area contributed by atoms with Crippen LogP contribution < -0.4 is 5.32 Å². The van der Waals surface area contributed by atoms with Crippen molar-refractivity contribution < 1.29 is 64.6 Å². The molecule has 74 heavy (non-hydrogen) atoms. The number of ether oxygens (including phenoxy) is 4. The third-order valence-corrected chi connectivity index (χ3v) is 14.5. The molecule has 0 spiro atoms. The first-order valence-electron chi connectivity index (χ1n) is 29.9. The van der Waals surface area contributed by atoms with Crippen LogP contribution in [0.4, 0.5) is 0 Å². The summed E-state index contributed by atoms with van der Waals surface area (Å²) < 4.78 is 22.8. The molecule has 0 aliphatic carbocycles.